The molecule has 1 saturated carbocycles. The minimum atomic E-state index is -0.320. The third kappa shape index (κ3) is 3.34. The van der Waals surface area contributed by atoms with E-state index >= 15 is 0 Å². The lowest BCUT2D eigenvalue weighted by molar-refractivity contribution is -0.133. The molecular weight excluding hydrogens is 295 g/mol. The Labute approximate surface area is 136 Å². The number of carbonyl (C=O) groups is 1. The average molecular weight is 320 g/mol. The number of nitrogens with two attached hydrogens (primary N) is 1. The van der Waals surface area contributed by atoms with Crippen LogP contribution in [-0.4, -0.2) is 35.1 Å². The number of benzene rings is 1. The van der Waals surface area contributed by atoms with Crippen LogP contribution in [-0.2, 0) is 11.2 Å². The second kappa shape index (κ2) is 6.87. The molecule has 5 heteroatoms. The molecule has 1 aromatic rings. The molecule has 0 radical (unpaired) electrons. The van der Waals surface area contributed by atoms with Gasteiger partial charge in [-0.2, -0.15) is 0 Å². The summed E-state index contributed by atoms with van der Waals surface area (Å²) in [6.45, 7) is 1.00. The van der Waals surface area contributed by atoms with Crippen molar-refractivity contribution in [3.63, 3.8) is 0 Å². The van der Waals surface area contributed by atoms with Crippen molar-refractivity contribution in [1.29, 1.82) is 0 Å². The Bertz CT molecular complexity index is 550. The average Bonchev–Trinajstić information content (AvgIpc) is 2.92. The fourth-order valence-corrected chi connectivity index (χ4v) is 3.99. The third-order valence-electron chi connectivity index (χ3n) is 5.47. The van der Waals surface area contributed by atoms with Gasteiger partial charge in [0.25, 0.3) is 0 Å². The van der Waals surface area contributed by atoms with Crippen LogP contribution in [0.4, 0.5) is 10.1 Å². The molecule has 1 aliphatic heterocycles. The summed E-state index contributed by atoms with van der Waals surface area (Å²) >= 11 is 0. The number of nitrogen functional groups attached to an aromatic ring is 1. The monoisotopic (exact) mass is 320 g/mol. The zero-order valence-electron chi connectivity index (χ0n) is 13.4. The highest BCUT2D eigenvalue weighted by atomic mass is 19.1. The molecule has 0 bridgehead atoms. The lowest BCUT2D eigenvalue weighted by atomic mass is 9.86. The fraction of sp³-hybridized carbons (Fsp3) is 0.611. The van der Waals surface area contributed by atoms with Gasteiger partial charge in [0.15, 0.2) is 0 Å². The van der Waals surface area contributed by atoms with Crippen LogP contribution in [0, 0.1) is 17.7 Å². The number of likely N-dealkylation sites (tertiary alicyclic amines) is 1. The number of aliphatic hydroxyl groups is 1. The van der Waals surface area contributed by atoms with E-state index in [2.05, 4.69) is 0 Å². The number of aliphatic hydroxyl groups excluding tert-OH is 1. The van der Waals surface area contributed by atoms with Gasteiger partial charge in [-0.15, -0.1) is 0 Å². The first kappa shape index (κ1) is 16.2. The Kier molecular flexibility index (Phi) is 4.85. The van der Waals surface area contributed by atoms with Gasteiger partial charge in [0.2, 0.25) is 5.91 Å². The summed E-state index contributed by atoms with van der Waals surface area (Å²) in [5.74, 6) is 0.0440. The van der Waals surface area contributed by atoms with Crippen LogP contribution in [0.3, 0.4) is 0 Å². The van der Waals surface area contributed by atoms with Crippen molar-refractivity contribution in [3.8, 4) is 0 Å². The van der Waals surface area contributed by atoms with Gasteiger partial charge < -0.3 is 15.7 Å². The van der Waals surface area contributed by atoms with E-state index < -0.39 is 0 Å². The van der Waals surface area contributed by atoms with E-state index in [1.54, 1.807) is 12.1 Å². The van der Waals surface area contributed by atoms with E-state index in [1.807, 2.05) is 4.90 Å². The number of hydrogen-bond donors (Lipinski definition) is 2. The predicted molar refractivity (Wildman–Crippen MR) is 87.2 cm³/mol. The molecule has 1 saturated heterocycles. The molecule has 1 unspecified atom stereocenters. The topological polar surface area (TPSA) is 66.6 Å². The van der Waals surface area contributed by atoms with E-state index in [1.165, 1.54) is 6.07 Å². The number of hydrogen-bond acceptors (Lipinski definition) is 3. The second-order valence-electron chi connectivity index (χ2n) is 6.89. The minimum absolute atomic E-state index is 0.139. The molecule has 1 amide bonds. The van der Waals surface area contributed by atoms with E-state index in [4.69, 9.17) is 5.73 Å². The van der Waals surface area contributed by atoms with Crippen LogP contribution < -0.4 is 5.73 Å². The molecule has 1 aliphatic carbocycles. The smallest absolute Gasteiger partial charge is 0.226 e. The highest BCUT2D eigenvalue weighted by Gasteiger charge is 2.37. The summed E-state index contributed by atoms with van der Waals surface area (Å²) in [4.78, 5) is 14.7. The molecule has 0 aromatic heterocycles. The molecule has 1 aromatic carbocycles. The van der Waals surface area contributed by atoms with Crippen molar-refractivity contribution in [2.75, 3.05) is 18.9 Å². The normalized spacial score (nSPS) is 28.3. The molecular formula is C18H25FN2O2. The molecule has 3 N–H and O–H groups in total. The number of nitrogens with zero attached hydrogens (tertiary/aromatic N) is 1. The van der Waals surface area contributed by atoms with Crippen LogP contribution in [0.2, 0.25) is 0 Å². The third-order valence-corrected chi connectivity index (χ3v) is 5.47. The van der Waals surface area contributed by atoms with Gasteiger partial charge in [0.05, 0.1) is 0 Å². The van der Waals surface area contributed by atoms with Gasteiger partial charge in [-0.05, 0) is 56.6 Å². The van der Waals surface area contributed by atoms with Crippen LogP contribution in [0.1, 0.15) is 37.7 Å². The molecule has 3 rings (SSSR count). The van der Waals surface area contributed by atoms with E-state index in [0.29, 0.717) is 23.6 Å². The molecule has 1 heterocycles. The zero-order chi connectivity index (χ0) is 16.4. The summed E-state index contributed by atoms with van der Waals surface area (Å²) in [7, 11) is 0. The Morgan fingerprint density at radius 1 is 1.22 bits per heavy atom. The van der Waals surface area contributed by atoms with Gasteiger partial charge in [-0.3, -0.25) is 4.79 Å². The summed E-state index contributed by atoms with van der Waals surface area (Å²) in [6, 6.07) is 4.97. The van der Waals surface area contributed by atoms with Gasteiger partial charge in [0.1, 0.15) is 5.82 Å². The van der Waals surface area contributed by atoms with Crippen molar-refractivity contribution in [1.82, 2.24) is 4.90 Å². The van der Waals surface area contributed by atoms with Crippen LogP contribution in [0.15, 0.2) is 18.2 Å². The molecule has 0 spiro atoms. The molecule has 126 valence electrons. The highest BCUT2D eigenvalue weighted by molar-refractivity contribution is 5.81. The van der Waals surface area contributed by atoms with Gasteiger partial charge in [-0.1, -0.05) is 6.07 Å². The maximum Gasteiger partial charge on any atom is 0.226 e. The maximum atomic E-state index is 13.9. The minimum Gasteiger partial charge on any atom is -0.398 e. The molecule has 23 heavy (non-hydrogen) atoms. The van der Waals surface area contributed by atoms with E-state index in [-0.39, 0.29) is 30.3 Å². The molecule has 1 atom stereocenters. The lowest BCUT2D eigenvalue weighted by Gasteiger charge is -2.34. The quantitative estimate of drug-likeness (QED) is 0.837. The number of amides is 1. The number of carbonyl (C=O) groups excluding carboxylic acids is 1. The molecule has 2 aliphatic rings. The molecule has 2 fully saturated rings. The Balaban J connectivity index is 1.63. The van der Waals surface area contributed by atoms with Crippen molar-refractivity contribution < 1.29 is 14.3 Å². The first-order valence-corrected chi connectivity index (χ1v) is 8.54. The fourth-order valence-electron chi connectivity index (χ4n) is 3.99. The van der Waals surface area contributed by atoms with Gasteiger partial charge in [-0.25, -0.2) is 4.39 Å². The molecule has 4 nitrogen and oxygen atoms in total. The van der Waals surface area contributed by atoms with Crippen molar-refractivity contribution in [3.05, 3.63) is 29.6 Å². The van der Waals surface area contributed by atoms with Crippen LogP contribution >= 0.6 is 0 Å². The SMILES string of the molecule is Nc1cccc(F)c1CC1CCN(C2CCC(CO)CC2)C1=O. The summed E-state index contributed by atoms with van der Waals surface area (Å²) in [5, 5.41) is 9.22. The number of halogens is 1. The number of anilines is 1. The van der Waals surface area contributed by atoms with Crippen LogP contribution in [0.5, 0.6) is 0 Å². The lowest BCUT2D eigenvalue weighted by Crippen LogP contribution is -2.40. The Morgan fingerprint density at radius 2 is 1.96 bits per heavy atom. The maximum absolute atomic E-state index is 13.9. The van der Waals surface area contributed by atoms with E-state index in [9.17, 15) is 14.3 Å². The summed E-state index contributed by atoms with van der Waals surface area (Å²) in [6.07, 6.45) is 5.05. The van der Waals surface area contributed by atoms with Crippen molar-refractivity contribution in [2.45, 2.75) is 44.6 Å². The standard InChI is InChI=1S/C18H25FN2O2/c19-16-2-1-3-17(20)15(16)10-13-8-9-21(18(13)23)14-6-4-12(11-22)5-7-14/h1-3,12-14,22H,4-11,20H2. The van der Waals surface area contributed by atoms with Crippen molar-refractivity contribution in [2.24, 2.45) is 11.8 Å². The Hall–Kier alpha value is -1.62. The summed E-state index contributed by atoms with van der Waals surface area (Å²) in [5.41, 5.74) is 6.76. The predicted octanol–water partition coefficient (Wildman–Crippen LogP) is 2.35. The Morgan fingerprint density at radius 3 is 2.61 bits per heavy atom. The second-order valence-corrected chi connectivity index (χ2v) is 6.89. The first-order valence-electron chi connectivity index (χ1n) is 8.54. The largest absolute Gasteiger partial charge is 0.398 e. The van der Waals surface area contributed by atoms with Crippen molar-refractivity contribution >= 4 is 11.6 Å². The highest BCUT2D eigenvalue weighted by Crippen LogP contribution is 2.33. The van der Waals surface area contributed by atoms with Gasteiger partial charge >= 0.3 is 0 Å². The van der Waals surface area contributed by atoms with Crippen LogP contribution in [0.25, 0.3) is 0 Å². The van der Waals surface area contributed by atoms with Gasteiger partial charge in [0, 0.05) is 36.4 Å². The summed E-state index contributed by atoms with van der Waals surface area (Å²) < 4.78 is 13.9. The zero-order valence-corrected chi connectivity index (χ0v) is 13.4. The first-order chi connectivity index (χ1) is 11.1. The van der Waals surface area contributed by atoms with E-state index in [0.717, 1.165) is 38.6 Å². The number of rotatable bonds is 4.